The van der Waals surface area contributed by atoms with Gasteiger partial charge in [0, 0.05) is 31.0 Å². The minimum absolute atomic E-state index is 0. The maximum absolute atomic E-state index is 12.8. The Bertz CT molecular complexity index is 440. The molecule has 3 aliphatic rings. The average Bonchev–Trinajstić information content (AvgIpc) is 3.17. The van der Waals surface area contributed by atoms with Crippen LogP contribution in [0.2, 0.25) is 0 Å². The molecule has 0 bridgehead atoms. The fourth-order valence-corrected chi connectivity index (χ4v) is 4.65. The number of nitrogens with one attached hydrogen (secondary N) is 2. The molecule has 1 saturated heterocycles. The molecule has 2 aliphatic carbocycles. The molecule has 0 aromatic rings. The summed E-state index contributed by atoms with van der Waals surface area (Å²) in [4.78, 5) is 27.0. The second-order valence-corrected chi connectivity index (χ2v) is 7.97. The van der Waals surface area contributed by atoms with Crippen LogP contribution >= 0.6 is 12.4 Å². The van der Waals surface area contributed by atoms with Crippen molar-refractivity contribution >= 4 is 24.2 Å². The largest absolute Gasteiger partial charge is 0.353 e. The van der Waals surface area contributed by atoms with Gasteiger partial charge in [-0.25, -0.2) is 0 Å². The zero-order chi connectivity index (χ0) is 16.9. The lowest BCUT2D eigenvalue weighted by Gasteiger charge is -2.36. The number of nitrogens with zero attached hydrogens (tertiary/aromatic N) is 1. The Morgan fingerprint density at radius 1 is 0.880 bits per heavy atom. The van der Waals surface area contributed by atoms with E-state index in [1.54, 1.807) is 0 Å². The third kappa shape index (κ3) is 5.33. The van der Waals surface area contributed by atoms with Gasteiger partial charge in [-0.15, -0.1) is 12.4 Å². The van der Waals surface area contributed by atoms with Crippen LogP contribution in [0.25, 0.3) is 0 Å². The number of carbonyl (C=O) groups is 2. The molecule has 0 atom stereocenters. The third-order valence-electron chi connectivity index (χ3n) is 6.35. The Hall–Kier alpha value is -0.810. The summed E-state index contributed by atoms with van der Waals surface area (Å²) in [6.45, 7) is 2.03. The van der Waals surface area contributed by atoms with Crippen molar-refractivity contribution in [2.75, 3.05) is 20.1 Å². The van der Waals surface area contributed by atoms with E-state index >= 15 is 0 Å². The molecule has 3 fully saturated rings. The Balaban J connectivity index is 0.00000225. The van der Waals surface area contributed by atoms with Gasteiger partial charge in [0.05, 0.1) is 0 Å². The summed E-state index contributed by atoms with van der Waals surface area (Å²) in [5.41, 5.74) is 0. The summed E-state index contributed by atoms with van der Waals surface area (Å²) >= 11 is 0. The topological polar surface area (TPSA) is 61.4 Å². The van der Waals surface area contributed by atoms with Crippen LogP contribution in [0.3, 0.4) is 0 Å². The van der Waals surface area contributed by atoms with Crippen LogP contribution in [0.1, 0.15) is 64.2 Å². The van der Waals surface area contributed by atoms with E-state index in [2.05, 4.69) is 10.6 Å². The van der Waals surface area contributed by atoms with Gasteiger partial charge in [0.1, 0.15) is 0 Å². The number of carbonyl (C=O) groups excluding carboxylic acids is 2. The van der Waals surface area contributed by atoms with Gasteiger partial charge < -0.3 is 15.5 Å². The predicted octanol–water partition coefficient (Wildman–Crippen LogP) is 2.48. The lowest BCUT2D eigenvalue weighted by atomic mass is 9.84. The monoisotopic (exact) mass is 371 g/mol. The molecule has 3 rings (SSSR count). The van der Waals surface area contributed by atoms with Crippen molar-refractivity contribution in [1.29, 1.82) is 0 Å². The third-order valence-corrected chi connectivity index (χ3v) is 6.35. The van der Waals surface area contributed by atoms with Crippen LogP contribution in [0.5, 0.6) is 0 Å². The lowest BCUT2D eigenvalue weighted by Crippen LogP contribution is -2.47. The molecule has 2 N–H and O–H groups in total. The Labute approximate surface area is 158 Å². The number of hydrogen-bond acceptors (Lipinski definition) is 3. The van der Waals surface area contributed by atoms with Crippen molar-refractivity contribution in [2.24, 2.45) is 11.8 Å². The second-order valence-electron chi connectivity index (χ2n) is 7.97. The van der Waals surface area contributed by atoms with Gasteiger partial charge >= 0.3 is 0 Å². The standard InChI is InChI=1S/C19H33N3O2.ClH/c1-22(17-10-12-20-13-11-17)19(24)15-6-8-16(9-7-15)21-18(23)14-4-2-3-5-14;/h14-17,20H,2-13H2,1H3,(H,21,23);1H. The highest BCUT2D eigenvalue weighted by atomic mass is 35.5. The fraction of sp³-hybridized carbons (Fsp3) is 0.895. The van der Waals surface area contributed by atoms with Crippen molar-refractivity contribution < 1.29 is 9.59 Å². The first-order valence-electron chi connectivity index (χ1n) is 9.93. The van der Waals surface area contributed by atoms with E-state index in [1.165, 1.54) is 12.8 Å². The van der Waals surface area contributed by atoms with E-state index in [4.69, 9.17) is 0 Å². The van der Waals surface area contributed by atoms with Crippen LogP contribution in [-0.2, 0) is 9.59 Å². The molecule has 1 aliphatic heterocycles. The maximum Gasteiger partial charge on any atom is 0.225 e. The van der Waals surface area contributed by atoms with Gasteiger partial charge in [-0.3, -0.25) is 9.59 Å². The number of hydrogen-bond donors (Lipinski definition) is 2. The van der Waals surface area contributed by atoms with Gasteiger partial charge in [-0.1, -0.05) is 12.8 Å². The predicted molar refractivity (Wildman–Crippen MR) is 102 cm³/mol. The summed E-state index contributed by atoms with van der Waals surface area (Å²) in [6.07, 6.45) is 10.4. The van der Waals surface area contributed by atoms with E-state index < -0.39 is 0 Å². The van der Waals surface area contributed by atoms with E-state index in [9.17, 15) is 9.59 Å². The molecule has 0 aromatic carbocycles. The molecule has 2 amide bonds. The molecular formula is C19H34ClN3O2. The first-order valence-corrected chi connectivity index (χ1v) is 9.93. The molecule has 0 spiro atoms. The molecule has 2 saturated carbocycles. The highest BCUT2D eigenvalue weighted by molar-refractivity contribution is 5.85. The number of piperidine rings is 1. The zero-order valence-electron chi connectivity index (χ0n) is 15.5. The summed E-state index contributed by atoms with van der Waals surface area (Å²) in [6, 6.07) is 0.685. The van der Waals surface area contributed by atoms with Gasteiger partial charge in [0.2, 0.25) is 11.8 Å². The van der Waals surface area contributed by atoms with E-state index in [1.807, 2.05) is 11.9 Å². The van der Waals surface area contributed by atoms with Gasteiger partial charge in [0.15, 0.2) is 0 Å². The SMILES string of the molecule is CN(C(=O)C1CCC(NC(=O)C2CCCC2)CC1)C1CCNCC1.Cl. The van der Waals surface area contributed by atoms with Crippen molar-refractivity contribution in [3.63, 3.8) is 0 Å². The van der Waals surface area contributed by atoms with E-state index in [-0.39, 0.29) is 36.2 Å². The average molecular weight is 372 g/mol. The zero-order valence-corrected chi connectivity index (χ0v) is 16.3. The van der Waals surface area contributed by atoms with Gasteiger partial charge in [-0.05, 0) is 64.5 Å². The van der Waals surface area contributed by atoms with Gasteiger partial charge in [0.25, 0.3) is 0 Å². The smallest absolute Gasteiger partial charge is 0.225 e. The summed E-state index contributed by atoms with van der Waals surface area (Å²) in [5, 5.41) is 6.60. The minimum Gasteiger partial charge on any atom is -0.353 e. The highest BCUT2D eigenvalue weighted by Crippen LogP contribution is 2.29. The first kappa shape index (κ1) is 20.5. The Morgan fingerprint density at radius 3 is 2.08 bits per heavy atom. The fourth-order valence-electron chi connectivity index (χ4n) is 4.65. The first-order chi connectivity index (χ1) is 11.6. The molecule has 25 heavy (non-hydrogen) atoms. The maximum atomic E-state index is 12.8. The molecule has 0 radical (unpaired) electrons. The van der Waals surface area contributed by atoms with E-state index in [0.29, 0.717) is 11.9 Å². The summed E-state index contributed by atoms with van der Waals surface area (Å²) < 4.78 is 0. The number of halogens is 1. The molecule has 0 aromatic heterocycles. The molecule has 144 valence electrons. The molecular weight excluding hydrogens is 338 g/mol. The second kappa shape index (κ2) is 9.77. The van der Waals surface area contributed by atoms with Crippen molar-refractivity contribution in [1.82, 2.24) is 15.5 Å². The van der Waals surface area contributed by atoms with Crippen molar-refractivity contribution in [3.8, 4) is 0 Å². The van der Waals surface area contributed by atoms with Crippen LogP contribution in [0, 0.1) is 11.8 Å². The van der Waals surface area contributed by atoms with Crippen molar-refractivity contribution in [2.45, 2.75) is 76.3 Å². The van der Waals surface area contributed by atoms with E-state index in [0.717, 1.165) is 64.5 Å². The van der Waals surface area contributed by atoms with Crippen LogP contribution in [0.4, 0.5) is 0 Å². The highest BCUT2D eigenvalue weighted by Gasteiger charge is 2.32. The molecule has 1 heterocycles. The van der Waals surface area contributed by atoms with Crippen LogP contribution in [-0.4, -0.2) is 48.9 Å². The quantitative estimate of drug-likeness (QED) is 0.798. The van der Waals surface area contributed by atoms with Crippen molar-refractivity contribution in [3.05, 3.63) is 0 Å². The molecule has 6 heteroatoms. The van der Waals surface area contributed by atoms with Crippen LogP contribution < -0.4 is 10.6 Å². The summed E-state index contributed by atoms with van der Waals surface area (Å²) in [7, 11) is 1.98. The Morgan fingerprint density at radius 2 is 1.48 bits per heavy atom. The summed E-state index contributed by atoms with van der Waals surface area (Å²) in [5.74, 6) is 0.983. The molecule has 0 unspecified atom stereocenters. The lowest BCUT2D eigenvalue weighted by molar-refractivity contribution is -0.138. The normalized spacial score (nSPS) is 28.2. The van der Waals surface area contributed by atoms with Crippen LogP contribution in [0.15, 0.2) is 0 Å². The Kier molecular flexibility index (Phi) is 8.01. The number of amides is 2. The minimum atomic E-state index is 0. The van der Waals surface area contributed by atoms with Gasteiger partial charge in [-0.2, -0.15) is 0 Å². The molecule has 5 nitrogen and oxygen atoms in total. The number of rotatable bonds is 4.